The highest BCUT2D eigenvalue weighted by Gasteiger charge is 2.19. The summed E-state index contributed by atoms with van der Waals surface area (Å²) in [5.74, 6) is -0.127. The second-order valence-electron chi connectivity index (χ2n) is 5.96. The van der Waals surface area contributed by atoms with Gasteiger partial charge in [0.2, 0.25) is 0 Å². The van der Waals surface area contributed by atoms with Gasteiger partial charge in [0.1, 0.15) is 5.52 Å². The molecule has 0 bridgehead atoms. The van der Waals surface area contributed by atoms with Crippen LogP contribution in [0.4, 0.5) is 0 Å². The van der Waals surface area contributed by atoms with Crippen LogP contribution >= 0.6 is 0 Å². The minimum Gasteiger partial charge on any atom is -0.379 e. The average molecular weight is 322 g/mol. The lowest BCUT2D eigenvalue weighted by molar-refractivity contribution is 0.0929. The molecule has 1 atom stereocenters. The van der Waals surface area contributed by atoms with Crippen molar-refractivity contribution < 1.29 is 9.53 Å². The first-order chi connectivity index (χ1) is 11.8. The molecule has 3 aromatic rings. The predicted octanol–water partition coefficient (Wildman–Crippen LogP) is 2.00. The molecular weight excluding hydrogens is 304 g/mol. The van der Waals surface area contributed by atoms with Crippen molar-refractivity contribution >= 4 is 17.1 Å². The maximum atomic E-state index is 12.3. The van der Waals surface area contributed by atoms with Crippen molar-refractivity contribution in [1.29, 1.82) is 0 Å². The first kappa shape index (κ1) is 14.8. The van der Waals surface area contributed by atoms with Gasteiger partial charge < -0.3 is 14.6 Å². The number of fused-ring (bicyclic) bond motifs is 1. The maximum absolute atomic E-state index is 12.3. The van der Waals surface area contributed by atoms with Crippen molar-refractivity contribution in [3.63, 3.8) is 0 Å². The molecule has 1 fully saturated rings. The second kappa shape index (κ2) is 6.41. The summed E-state index contributed by atoms with van der Waals surface area (Å²) in [5, 5.41) is 2.97. The minimum atomic E-state index is -0.127. The van der Waals surface area contributed by atoms with Gasteiger partial charge in [-0.3, -0.25) is 4.79 Å². The number of nitrogens with zero attached hydrogens (tertiary/aromatic N) is 3. The third kappa shape index (κ3) is 3.00. The number of carbonyl (C=O) groups is 1. The summed E-state index contributed by atoms with van der Waals surface area (Å²) in [4.78, 5) is 21.1. The van der Waals surface area contributed by atoms with Crippen molar-refractivity contribution in [2.45, 2.75) is 19.0 Å². The van der Waals surface area contributed by atoms with Crippen molar-refractivity contribution in [2.24, 2.45) is 0 Å². The molecule has 1 N–H and O–H groups in total. The van der Waals surface area contributed by atoms with Crippen molar-refractivity contribution in [1.82, 2.24) is 19.9 Å². The highest BCUT2D eigenvalue weighted by atomic mass is 16.5. The number of pyridine rings is 1. The molecule has 4 rings (SSSR count). The van der Waals surface area contributed by atoms with Gasteiger partial charge in [-0.15, -0.1) is 0 Å². The van der Waals surface area contributed by atoms with E-state index in [9.17, 15) is 4.79 Å². The van der Waals surface area contributed by atoms with Crippen molar-refractivity contribution in [3.05, 3.63) is 60.0 Å². The zero-order valence-electron chi connectivity index (χ0n) is 13.2. The molecule has 1 unspecified atom stereocenters. The van der Waals surface area contributed by atoms with Crippen LogP contribution in [0.25, 0.3) is 11.2 Å². The second-order valence-corrected chi connectivity index (χ2v) is 5.96. The first-order valence-electron chi connectivity index (χ1n) is 8.03. The number of rotatable bonds is 4. The van der Waals surface area contributed by atoms with Gasteiger partial charge in [0.25, 0.3) is 5.91 Å². The Balaban J connectivity index is 1.55. The van der Waals surface area contributed by atoms with Gasteiger partial charge in [0, 0.05) is 12.8 Å². The molecule has 1 aliphatic rings. The highest BCUT2D eigenvalue weighted by Crippen LogP contribution is 2.14. The Morgan fingerprint density at radius 2 is 2.17 bits per heavy atom. The van der Waals surface area contributed by atoms with Crippen LogP contribution in [0, 0.1) is 0 Å². The van der Waals surface area contributed by atoms with E-state index in [1.165, 1.54) is 5.56 Å². The van der Waals surface area contributed by atoms with Gasteiger partial charge in [-0.25, -0.2) is 9.97 Å². The fraction of sp³-hybridized carbons (Fsp3) is 0.278. The van der Waals surface area contributed by atoms with Crippen LogP contribution in [0.5, 0.6) is 0 Å². The molecular formula is C18H18N4O2. The highest BCUT2D eigenvalue weighted by molar-refractivity contribution is 5.96. The van der Waals surface area contributed by atoms with E-state index in [-0.39, 0.29) is 11.9 Å². The van der Waals surface area contributed by atoms with Crippen LogP contribution < -0.4 is 5.32 Å². The quantitative estimate of drug-likeness (QED) is 0.798. The van der Waals surface area contributed by atoms with Crippen LogP contribution in [0.15, 0.2) is 48.9 Å². The van der Waals surface area contributed by atoms with E-state index in [1.54, 1.807) is 18.6 Å². The van der Waals surface area contributed by atoms with Gasteiger partial charge in [0.05, 0.1) is 31.1 Å². The molecule has 6 nitrogen and oxygen atoms in total. The number of hydrogen-bond donors (Lipinski definition) is 1. The molecule has 2 aromatic heterocycles. The van der Waals surface area contributed by atoms with Gasteiger partial charge in [-0.1, -0.05) is 30.3 Å². The molecule has 122 valence electrons. The standard InChI is InChI=1S/C18H18N4O2/c23-18(21-15-6-7-24-11-15)14-8-16-17(19-9-14)22(12-20-16)10-13-4-2-1-3-5-13/h1-5,8-9,12,15H,6-7,10-11H2,(H,21,23). The Bertz CT molecular complexity index is 854. The average Bonchev–Trinajstić information content (AvgIpc) is 3.25. The number of benzene rings is 1. The molecule has 0 saturated carbocycles. The molecule has 24 heavy (non-hydrogen) atoms. The Morgan fingerprint density at radius 1 is 1.29 bits per heavy atom. The molecule has 0 radical (unpaired) electrons. The van der Waals surface area contributed by atoms with E-state index in [2.05, 4.69) is 27.4 Å². The smallest absolute Gasteiger partial charge is 0.253 e. The monoisotopic (exact) mass is 322 g/mol. The zero-order chi connectivity index (χ0) is 16.4. The van der Waals surface area contributed by atoms with E-state index in [1.807, 2.05) is 22.8 Å². The number of ether oxygens (including phenoxy) is 1. The van der Waals surface area contributed by atoms with Gasteiger partial charge in [-0.2, -0.15) is 0 Å². The van der Waals surface area contributed by atoms with E-state index < -0.39 is 0 Å². The zero-order valence-corrected chi connectivity index (χ0v) is 13.2. The van der Waals surface area contributed by atoms with E-state index >= 15 is 0 Å². The maximum Gasteiger partial charge on any atom is 0.253 e. The van der Waals surface area contributed by atoms with Crippen LogP contribution in [0.1, 0.15) is 22.3 Å². The molecule has 0 aliphatic carbocycles. The summed E-state index contributed by atoms with van der Waals surface area (Å²) in [5.41, 5.74) is 3.21. The Morgan fingerprint density at radius 3 is 2.96 bits per heavy atom. The summed E-state index contributed by atoms with van der Waals surface area (Å²) >= 11 is 0. The topological polar surface area (TPSA) is 69.0 Å². The largest absolute Gasteiger partial charge is 0.379 e. The fourth-order valence-corrected chi connectivity index (χ4v) is 2.89. The summed E-state index contributed by atoms with van der Waals surface area (Å²) in [6.45, 7) is 1.98. The molecule has 6 heteroatoms. The third-order valence-corrected chi connectivity index (χ3v) is 4.18. The number of carbonyl (C=O) groups excluding carboxylic acids is 1. The fourth-order valence-electron chi connectivity index (χ4n) is 2.89. The number of aromatic nitrogens is 3. The van der Waals surface area contributed by atoms with E-state index in [0.717, 1.165) is 17.6 Å². The Labute approximate surface area is 139 Å². The Kier molecular flexibility index (Phi) is 3.96. The molecule has 1 aliphatic heterocycles. The number of hydrogen-bond acceptors (Lipinski definition) is 4. The lowest BCUT2D eigenvalue weighted by Crippen LogP contribution is -2.35. The first-order valence-corrected chi connectivity index (χ1v) is 8.03. The van der Waals surface area contributed by atoms with Crippen LogP contribution in [0.2, 0.25) is 0 Å². The van der Waals surface area contributed by atoms with E-state index in [4.69, 9.17) is 4.74 Å². The summed E-state index contributed by atoms with van der Waals surface area (Å²) in [7, 11) is 0. The van der Waals surface area contributed by atoms with Crippen LogP contribution in [-0.4, -0.2) is 39.7 Å². The third-order valence-electron chi connectivity index (χ3n) is 4.18. The molecule has 1 aromatic carbocycles. The molecule has 1 amide bonds. The summed E-state index contributed by atoms with van der Waals surface area (Å²) in [6, 6.07) is 12.0. The van der Waals surface area contributed by atoms with Gasteiger partial charge in [0.15, 0.2) is 5.65 Å². The summed E-state index contributed by atoms with van der Waals surface area (Å²) in [6.07, 6.45) is 4.22. The predicted molar refractivity (Wildman–Crippen MR) is 89.8 cm³/mol. The van der Waals surface area contributed by atoms with Crippen LogP contribution in [-0.2, 0) is 11.3 Å². The normalized spacial score (nSPS) is 17.2. The van der Waals surface area contributed by atoms with Crippen molar-refractivity contribution in [2.75, 3.05) is 13.2 Å². The number of imidazole rings is 1. The number of amides is 1. The van der Waals surface area contributed by atoms with E-state index in [0.29, 0.717) is 25.3 Å². The minimum absolute atomic E-state index is 0.0869. The Hall–Kier alpha value is -2.73. The van der Waals surface area contributed by atoms with Gasteiger partial charge >= 0.3 is 0 Å². The lowest BCUT2D eigenvalue weighted by Gasteiger charge is -2.10. The lowest BCUT2D eigenvalue weighted by atomic mass is 10.2. The SMILES string of the molecule is O=C(NC1CCOC1)c1cnc2c(c1)ncn2Cc1ccccc1. The van der Waals surface area contributed by atoms with Crippen LogP contribution in [0.3, 0.4) is 0 Å². The number of nitrogens with one attached hydrogen (secondary N) is 1. The summed E-state index contributed by atoms with van der Waals surface area (Å²) < 4.78 is 7.26. The molecule has 0 spiro atoms. The van der Waals surface area contributed by atoms with Gasteiger partial charge in [-0.05, 0) is 18.1 Å². The molecule has 3 heterocycles. The molecule has 1 saturated heterocycles. The van der Waals surface area contributed by atoms with Crippen molar-refractivity contribution in [3.8, 4) is 0 Å².